The van der Waals surface area contributed by atoms with E-state index in [0.29, 0.717) is 5.02 Å². The number of likely N-dealkylation sites (N-methyl/N-ethyl adjacent to an activating group) is 1. The summed E-state index contributed by atoms with van der Waals surface area (Å²) in [6.07, 6.45) is 0. The maximum absolute atomic E-state index is 13.6. The number of benzene rings is 3. The highest BCUT2D eigenvalue weighted by atomic mass is 79.9. The SMILES string of the molecule is CNC(=O)C(C)N(Cc1ccc(Br)cc1)C(=O)CN(c1ccc(Cl)cc1)S(=O)(=O)c1ccccc1. The molecule has 1 atom stereocenters. The molecule has 184 valence electrons. The van der Waals surface area contributed by atoms with E-state index in [1.807, 2.05) is 24.3 Å². The summed E-state index contributed by atoms with van der Waals surface area (Å²) in [5.74, 6) is -0.891. The molecule has 0 bridgehead atoms. The van der Waals surface area contributed by atoms with E-state index in [-0.39, 0.29) is 23.0 Å². The van der Waals surface area contributed by atoms with Crippen LogP contribution in [0.15, 0.2) is 88.2 Å². The van der Waals surface area contributed by atoms with Gasteiger partial charge in [-0.25, -0.2) is 8.42 Å². The van der Waals surface area contributed by atoms with Crippen molar-refractivity contribution in [2.24, 2.45) is 0 Å². The lowest BCUT2D eigenvalue weighted by molar-refractivity contribution is -0.139. The van der Waals surface area contributed by atoms with Gasteiger partial charge in [-0.1, -0.05) is 57.9 Å². The van der Waals surface area contributed by atoms with Gasteiger partial charge in [-0.05, 0) is 61.0 Å². The van der Waals surface area contributed by atoms with Gasteiger partial charge < -0.3 is 10.2 Å². The largest absolute Gasteiger partial charge is 0.357 e. The molecule has 0 saturated carbocycles. The minimum absolute atomic E-state index is 0.0431. The lowest BCUT2D eigenvalue weighted by atomic mass is 10.1. The number of amides is 2. The van der Waals surface area contributed by atoms with E-state index in [4.69, 9.17) is 11.6 Å². The molecule has 3 aromatic rings. The highest BCUT2D eigenvalue weighted by molar-refractivity contribution is 9.10. The quantitative estimate of drug-likeness (QED) is 0.406. The van der Waals surface area contributed by atoms with Crippen LogP contribution in [-0.2, 0) is 26.2 Å². The second kappa shape index (κ2) is 11.7. The van der Waals surface area contributed by atoms with Gasteiger partial charge in [0.25, 0.3) is 10.0 Å². The Balaban J connectivity index is 2.00. The number of carbonyl (C=O) groups is 2. The van der Waals surface area contributed by atoms with Crippen LogP contribution in [0.25, 0.3) is 0 Å². The molecular weight excluding hydrogens is 554 g/mol. The Morgan fingerprint density at radius 3 is 2.14 bits per heavy atom. The number of sulfonamides is 1. The van der Waals surface area contributed by atoms with Crippen LogP contribution in [0.3, 0.4) is 0 Å². The van der Waals surface area contributed by atoms with Gasteiger partial charge in [-0.2, -0.15) is 0 Å². The molecule has 0 saturated heterocycles. The highest BCUT2D eigenvalue weighted by Crippen LogP contribution is 2.26. The van der Waals surface area contributed by atoms with Crippen molar-refractivity contribution in [2.45, 2.75) is 24.4 Å². The van der Waals surface area contributed by atoms with Crippen molar-refractivity contribution in [3.8, 4) is 0 Å². The molecule has 7 nitrogen and oxygen atoms in total. The smallest absolute Gasteiger partial charge is 0.264 e. The van der Waals surface area contributed by atoms with Crippen LogP contribution in [0, 0.1) is 0 Å². The second-order valence-electron chi connectivity index (χ2n) is 7.74. The van der Waals surface area contributed by atoms with Crippen molar-refractivity contribution in [2.75, 3.05) is 17.9 Å². The molecule has 3 rings (SSSR count). The summed E-state index contributed by atoms with van der Waals surface area (Å²) >= 11 is 9.39. The third kappa shape index (κ3) is 6.62. The molecule has 0 radical (unpaired) electrons. The van der Waals surface area contributed by atoms with Gasteiger partial charge >= 0.3 is 0 Å². The van der Waals surface area contributed by atoms with Crippen LogP contribution >= 0.6 is 27.5 Å². The maximum Gasteiger partial charge on any atom is 0.264 e. The topological polar surface area (TPSA) is 86.8 Å². The van der Waals surface area contributed by atoms with E-state index in [0.717, 1.165) is 14.3 Å². The maximum atomic E-state index is 13.6. The Kier molecular flexibility index (Phi) is 8.93. The number of anilines is 1. The van der Waals surface area contributed by atoms with Crippen LogP contribution in [-0.4, -0.2) is 44.8 Å². The summed E-state index contributed by atoms with van der Waals surface area (Å²) in [6, 6.07) is 20.6. The zero-order chi connectivity index (χ0) is 25.6. The Morgan fingerprint density at radius 2 is 1.57 bits per heavy atom. The van der Waals surface area contributed by atoms with Crippen molar-refractivity contribution < 1.29 is 18.0 Å². The van der Waals surface area contributed by atoms with Gasteiger partial charge in [0, 0.05) is 23.1 Å². The third-order valence-corrected chi connectivity index (χ3v) is 7.97. The van der Waals surface area contributed by atoms with E-state index in [1.165, 1.54) is 36.2 Å². The summed E-state index contributed by atoms with van der Waals surface area (Å²) in [7, 11) is -2.60. The first-order valence-electron chi connectivity index (χ1n) is 10.7. The van der Waals surface area contributed by atoms with Gasteiger partial charge in [-0.15, -0.1) is 0 Å². The van der Waals surface area contributed by atoms with Crippen LogP contribution in [0.2, 0.25) is 5.02 Å². The van der Waals surface area contributed by atoms with Gasteiger partial charge in [0.1, 0.15) is 12.6 Å². The first kappa shape index (κ1) is 26.7. The number of rotatable bonds is 9. The molecule has 0 aliphatic rings. The number of nitrogens with zero attached hydrogens (tertiary/aromatic N) is 2. The zero-order valence-corrected chi connectivity index (χ0v) is 22.3. The summed E-state index contributed by atoms with van der Waals surface area (Å²) in [5, 5.41) is 2.99. The minimum Gasteiger partial charge on any atom is -0.357 e. The Bertz CT molecular complexity index is 1270. The molecule has 0 aliphatic heterocycles. The van der Waals surface area contributed by atoms with E-state index in [2.05, 4.69) is 21.2 Å². The number of carbonyl (C=O) groups excluding carboxylic acids is 2. The van der Waals surface area contributed by atoms with E-state index >= 15 is 0 Å². The second-order valence-corrected chi connectivity index (χ2v) is 11.0. The van der Waals surface area contributed by atoms with Gasteiger partial charge in [0.05, 0.1) is 10.6 Å². The number of hydrogen-bond donors (Lipinski definition) is 1. The van der Waals surface area contributed by atoms with Crippen molar-refractivity contribution in [1.82, 2.24) is 10.2 Å². The molecule has 3 aromatic carbocycles. The van der Waals surface area contributed by atoms with Crippen molar-refractivity contribution in [3.05, 3.63) is 93.9 Å². The van der Waals surface area contributed by atoms with Crippen molar-refractivity contribution in [3.63, 3.8) is 0 Å². The molecule has 0 heterocycles. The minimum atomic E-state index is -4.09. The fraction of sp³-hybridized carbons (Fsp3) is 0.200. The molecular formula is C25H25BrClN3O4S. The summed E-state index contributed by atoms with van der Waals surface area (Å²) < 4.78 is 29.0. The van der Waals surface area contributed by atoms with Gasteiger partial charge in [0.2, 0.25) is 11.8 Å². The van der Waals surface area contributed by atoms with Crippen LogP contribution in [0.5, 0.6) is 0 Å². The van der Waals surface area contributed by atoms with Crippen LogP contribution in [0.1, 0.15) is 12.5 Å². The van der Waals surface area contributed by atoms with Gasteiger partial charge in [-0.3, -0.25) is 13.9 Å². The normalized spacial score (nSPS) is 12.0. The molecule has 0 aromatic heterocycles. The molecule has 2 amide bonds. The highest BCUT2D eigenvalue weighted by Gasteiger charge is 2.32. The summed E-state index contributed by atoms with van der Waals surface area (Å²) in [4.78, 5) is 27.5. The molecule has 0 fully saturated rings. The van der Waals surface area contributed by atoms with Crippen molar-refractivity contribution in [1.29, 1.82) is 0 Å². The number of nitrogens with one attached hydrogen (secondary N) is 1. The fourth-order valence-corrected chi connectivity index (χ4v) is 5.26. The molecule has 10 heteroatoms. The molecule has 0 aliphatic carbocycles. The molecule has 1 N–H and O–H groups in total. The fourth-order valence-electron chi connectivity index (χ4n) is 3.43. The lowest BCUT2D eigenvalue weighted by Gasteiger charge is -2.31. The standard InChI is InChI=1S/C25H25BrClN3O4S/c1-18(25(32)28-2)29(16-19-8-10-20(26)11-9-19)24(31)17-30(22-14-12-21(27)13-15-22)35(33,34)23-6-4-3-5-7-23/h3-15,18H,16-17H2,1-2H3,(H,28,32). The van der Waals surface area contributed by atoms with Gasteiger partial charge in [0.15, 0.2) is 0 Å². The first-order chi connectivity index (χ1) is 16.6. The predicted molar refractivity (Wildman–Crippen MR) is 141 cm³/mol. The summed E-state index contributed by atoms with van der Waals surface area (Å²) in [6.45, 7) is 1.23. The third-order valence-electron chi connectivity index (χ3n) is 5.40. The first-order valence-corrected chi connectivity index (χ1v) is 13.3. The Morgan fingerprint density at radius 1 is 0.971 bits per heavy atom. The van der Waals surface area contributed by atoms with Crippen molar-refractivity contribution >= 4 is 55.1 Å². The van der Waals surface area contributed by atoms with Crippen LogP contribution in [0.4, 0.5) is 5.69 Å². The van der Waals surface area contributed by atoms with E-state index < -0.39 is 28.5 Å². The number of halogens is 2. The average molecular weight is 579 g/mol. The molecule has 0 spiro atoms. The van der Waals surface area contributed by atoms with Crippen LogP contribution < -0.4 is 9.62 Å². The predicted octanol–water partition coefficient (Wildman–Crippen LogP) is 4.46. The molecule has 1 unspecified atom stereocenters. The summed E-state index contributed by atoms with van der Waals surface area (Å²) in [5.41, 5.74) is 1.07. The average Bonchev–Trinajstić information content (AvgIpc) is 2.87. The monoisotopic (exact) mass is 577 g/mol. The van der Waals surface area contributed by atoms with E-state index in [9.17, 15) is 18.0 Å². The Hall–Kier alpha value is -2.88. The number of hydrogen-bond acceptors (Lipinski definition) is 4. The lowest BCUT2D eigenvalue weighted by Crippen LogP contribution is -2.50. The zero-order valence-electron chi connectivity index (χ0n) is 19.2. The van der Waals surface area contributed by atoms with E-state index in [1.54, 1.807) is 37.3 Å². The molecule has 35 heavy (non-hydrogen) atoms. The Labute approximate surface area is 218 Å².